The van der Waals surface area contributed by atoms with E-state index in [1.54, 1.807) is 0 Å². The van der Waals surface area contributed by atoms with Crippen molar-refractivity contribution in [2.45, 2.75) is 6.92 Å². The third-order valence-electron chi connectivity index (χ3n) is 1.47. The van der Waals surface area contributed by atoms with E-state index in [9.17, 15) is 0 Å². The van der Waals surface area contributed by atoms with E-state index >= 15 is 0 Å². The molecule has 2 nitrogen and oxygen atoms in total. The van der Waals surface area contributed by atoms with Gasteiger partial charge in [-0.2, -0.15) is 0 Å². The Kier molecular flexibility index (Phi) is 0.730. The summed E-state index contributed by atoms with van der Waals surface area (Å²) < 4.78 is 0. The van der Waals surface area contributed by atoms with E-state index in [2.05, 4.69) is 10.2 Å². The predicted octanol–water partition coefficient (Wildman–Crippen LogP) is 2.72. The molecule has 0 atom stereocenters. The Bertz CT molecular complexity index is 276. The van der Waals surface area contributed by atoms with Gasteiger partial charge in [0.2, 0.25) is 0 Å². The van der Waals surface area contributed by atoms with Gasteiger partial charge in [0.1, 0.15) is 11.4 Å². The summed E-state index contributed by atoms with van der Waals surface area (Å²) in [6.45, 7) is 2.04. The van der Waals surface area contributed by atoms with Crippen molar-refractivity contribution in [3.8, 4) is 0 Å². The largest absolute Gasteiger partial charge is 0.148 e. The van der Waals surface area contributed by atoms with E-state index < -0.39 is 0 Å². The second-order valence-corrected chi connectivity index (χ2v) is 2.14. The molecule has 1 aromatic rings. The maximum atomic E-state index is 3.86. The van der Waals surface area contributed by atoms with Gasteiger partial charge in [0.05, 0.1) is 0 Å². The van der Waals surface area contributed by atoms with Crippen LogP contribution in [-0.2, 0) is 0 Å². The fraction of sp³-hybridized carbons (Fsp3) is 0.143. The maximum absolute atomic E-state index is 3.86. The average molecular weight is 118 g/mol. The van der Waals surface area contributed by atoms with Crippen LogP contribution in [0.25, 0.3) is 0 Å². The second kappa shape index (κ2) is 1.41. The molecule has 0 radical (unpaired) electrons. The molecule has 1 heterocycles. The number of benzene rings is 1. The molecule has 44 valence electrons. The van der Waals surface area contributed by atoms with Gasteiger partial charge in [0, 0.05) is 0 Å². The Labute approximate surface area is 53.2 Å². The van der Waals surface area contributed by atoms with Crippen molar-refractivity contribution < 1.29 is 0 Å². The number of nitrogens with zero attached hydrogens (tertiary/aromatic N) is 2. The summed E-state index contributed by atoms with van der Waals surface area (Å²) in [5.41, 5.74) is 3.29. The van der Waals surface area contributed by atoms with Crippen molar-refractivity contribution in [3.63, 3.8) is 0 Å². The van der Waals surface area contributed by atoms with Crippen LogP contribution in [0.4, 0.5) is 11.4 Å². The van der Waals surface area contributed by atoms with E-state index in [1.807, 2.05) is 25.1 Å². The van der Waals surface area contributed by atoms with E-state index in [0.29, 0.717) is 0 Å². The van der Waals surface area contributed by atoms with Crippen LogP contribution < -0.4 is 0 Å². The van der Waals surface area contributed by atoms with Crippen LogP contribution in [0.3, 0.4) is 0 Å². The Hall–Kier alpha value is -1.18. The quantitative estimate of drug-likeness (QED) is 0.508. The minimum atomic E-state index is 1.02. The zero-order chi connectivity index (χ0) is 6.27. The van der Waals surface area contributed by atoms with Crippen LogP contribution in [0.5, 0.6) is 0 Å². The highest BCUT2D eigenvalue weighted by atomic mass is 15.2. The molecule has 1 aliphatic heterocycles. The fourth-order valence-electron chi connectivity index (χ4n) is 0.913. The summed E-state index contributed by atoms with van der Waals surface area (Å²) in [6, 6.07) is 6.00. The summed E-state index contributed by atoms with van der Waals surface area (Å²) in [6.07, 6.45) is 0. The summed E-state index contributed by atoms with van der Waals surface area (Å²) in [5, 5.41) is 7.68. The summed E-state index contributed by atoms with van der Waals surface area (Å²) in [7, 11) is 0. The van der Waals surface area contributed by atoms with Crippen molar-refractivity contribution in [3.05, 3.63) is 23.8 Å². The van der Waals surface area contributed by atoms with Crippen LogP contribution in [0.1, 0.15) is 5.56 Å². The first kappa shape index (κ1) is 4.68. The minimum Gasteiger partial charge on any atom is -0.148 e. The standard InChI is InChI=1S/C7H6N2/c1-5-3-2-4-6-7(5)9-8-6/h2-4H,1H3. The summed E-state index contributed by atoms with van der Waals surface area (Å²) in [4.78, 5) is 0. The molecule has 9 heavy (non-hydrogen) atoms. The topological polar surface area (TPSA) is 24.7 Å². The van der Waals surface area contributed by atoms with Gasteiger partial charge in [-0.15, -0.1) is 10.2 Å². The molecule has 0 fully saturated rings. The van der Waals surface area contributed by atoms with E-state index in [1.165, 1.54) is 5.56 Å². The zero-order valence-corrected chi connectivity index (χ0v) is 5.13. The van der Waals surface area contributed by atoms with Crippen molar-refractivity contribution in [2.75, 3.05) is 0 Å². The van der Waals surface area contributed by atoms with Crippen LogP contribution in [0.2, 0.25) is 0 Å². The van der Waals surface area contributed by atoms with Crippen LogP contribution in [0, 0.1) is 6.92 Å². The highest BCUT2D eigenvalue weighted by molar-refractivity contribution is 5.69. The highest BCUT2D eigenvalue weighted by Crippen LogP contribution is 2.39. The maximum Gasteiger partial charge on any atom is 0.116 e. The van der Waals surface area contributed by atoms with Gasteiger partial charge in [0.15, 0.2) is 0 Å². The molecule has 0 aliphatic carbocycles. The molecule has 0 spiro atoms. The average Bonchev–Trinajstić information content (AvgIpc) is 1.74. The van der Waals surface area contributed by atoms with E-state index in [4.69, 9.17) is 0 Å². The molecule has 0 saturated heterocycles. The molecule has 0 saturated carbocycles. The van der Waals surface area contributed by atoms with Gasteiger partial charge < -0.3 is 0 Å². The Morgan fingerprint density at radius 1 is 1.22 bits per heavy atom. The second-order valence-electron chi connectivity index (χ2n) is 2.14. The SMILES string of the molecule is Cc1cccc2c1N=N2. The van der Waals surface area contributed by atoms with Crippen molar-refractivity contribution >= 4 is 11.4 Å². The molecule has 0 N–H and O–H groups in total. The van der Waals surface area contributed by atoms with Gasteiger partial charge >= 0.3 is 0 Å². The Morgan fingerprint density at radius 3 is 2.56 bits per heavy atom. The third-order valence-corrected chi connectivity index (χ3v) is 1.47. The predicted molar refractivity (Wildman–Crippen MR) is 35.4 cm³/mol. The van der Waals surface area contributed by atoms with E-state index in [0.717, 1.165) is 11.4 Å². The molecule has 2 heteroatoms. The lowest BCUT2D eigenvalue weighted by Gasteiger charge is -2.07. The lowest BCUT2D eigenvalue weighted by molar-refractivity contribution is 1.12. The molecular formula is C7H6N2. The van der Waals surface area contributed by atoms with Crippen molar-refractivity contribution in [1.29, 1.82) is 0 Å². The van der Waals surface area contributed by atoms with E-state index in [-0.39, 0.29) is 0 Å². The first-order valence-corrected chi connectivity index (χ1v) is 2.89. The molecule has 0 aromatic heterocycles. The number of fused-ring (bicyclic) bond motifs is 1. The highest BCUT2D eigenvalue weighted by Gasteiger charge is 2.09. The first-order valence-electron chi connectivity index (χ1n) is 2.89. The van der Waals surface area contributed by atoms with Gasteiger partial charge in [0.25, 0.3) is 0 Å². The van der Waals surface area contributed by atoms with Crippen LogP contribution in [0.15, 0.2) is 28.4 Å². The Balaban J connectivity index is 2.70. The van der Waals surface area contributed by atoms with Gasteiger partial charge in [-0.25, -0.2) is 0 Å². The lowest BCUT2D eigenvalue weighted by atomic mass is 10.1. The van der Waals surface area contributed by atoms with Crippen LogP contribution in [-0.4, -0.2) is 0 Å². The lowest BCUT2D eigenvalue weighted by Crippen LogP contribution is -1.79. The number of azo groups is 1. The number of rotatable bonds is 0. The third kappa shape index (κ3) is 0.499. The number of hydrogen-bond acceptors (Lipinski definition) is 2. The minimum absolute atomic E-state index is 1.02. The molecule has 1 aromatic carbocycles. The fourth-order valence-corrected chi connectivity index (χ4v) is 0.913. The summed E-state index contributed by atoms with van der Waals surface area (Å²) in [5.74, 6) is 0. The molecular weight excluding hydrogens is 112 g/mol. The molecule has 2 rings (SSSR count). The molecule has 0 unspecified atom stereocenters. The van der Waals surface area contributed by atoms with Crippen molar-refractivity contribution in [2.24, 2.45) is 10.2 Å². The van der Waals surface area contributed by atoms with Gasteiger partial charge in [-0.3, -0.25) is 0 Å². The normalized spacial score (nSPS) is 12.6. The molecule has 0 amide bonds. The number of aryl methyl sites for hydroxylation is 1. The zero-order valence-electron chi connectivity index (χ0n) is 5.13. The monoisotopic (exact) mass is 118 g/mol. The first-order chi connectivity index (χ1) is 4.38. The number of hydrogen-bond donors (Lipinski definition) is 0. The smallest absolute Gasteiger partial charge is 0.116 e. The van der Waals surface area contributed by atoms with Gasteiger partial charge in [-0.05, 0) is 18.6 Å². The van der Waals surface area contributed by atoms with Gasteiger partial charge in [-0.1, -0.05) is 12.1 Å². The summed E-state index contributed by atoms with van der Waals surface area (Å²) >= 11 is 0. The Morgan fingerprint density at radius 2 is 2.11 bits per heavy atom. The van der Waals surface area contributed by atoms with Crippen LogP contribution >= 0.6 is 0 Å². The molecule has 1 aliphatic rings. The molecule has 0 bridgehead atoms. The van der Waals surface area contributed by atoms with Crippen molar-refractivity contribution in [1.82, 2.24) is 0 Å².